The Balaban J connectivity index is 2.63. The molecule has 0 aliphatic rings. The summed E-state index contributed by atoms with van der Waals surface area (Å²) < 4.78 is 0. The average Bonchev–Trinajstić information content (AvgIpc) is 1.35. The van der Waals surface area contributed by atoms with Crippen molar-refractivity contribution in [2.45, 2.75) is 6.29 Å². The maximum absolute atomic E-state index is 4.99. The van der Waals surface area contributed by atoms with Crippen molar-refractivity contribution in [1.82, 2.24) is 5.32 Å². The highest BCUT2D eigenvalue weighted by molar-refractivity contribution is 4.40. The van der Waals surface area contributed by atoms with Crippen LogP contribution in [0.25, 0.3) is 0 Å². The number of hydrogen-bond acceptors (Lipinski definition) is 4. The second kappa shape index (κ2) is 3.05. The van der Waals surface area contributed by atoms with Gasteiger partial charge in [-0.1, -0.05) is 0 Å². The van der Waals surface area contributed by atoms with Crippen molar-refractivity contribution in [1.29, 1.82) is 0 Å². The Morgan fingerprint density at radius 3 is 2.00 bits per heavy atom. The molecule has 0 aromatic carbocycles. The van der Waals surface area contributed by atoms with Crippen LogP contribution in [0.15, 0.2) is 0 Å². The molecule has 0 saturated carbocycles. The van der Waals surface area contributed by atoms with Crippen LogP contribution in [0.4, 0.5) is 0 Å². The van der Waals surface area contributed by atoms with Gasteiger partial charge in [-0.25, -0.2) is 0 Å². The van der Waals surface area contributed by atoms with Crippen LogP contribution in [0.2, 0.25) is 0 Å². The van der Waals surface area contributed by atoms with E-state index in [1.54, 1.807) is 0 Å². The molecule has 4 nitrogen and oxygen atoms in total. The van der Waals surface area contributed by atoms with Crippen LogP contribution < -0.4 is 22.5 Å². The van der Waals surface area contributed by atoms with Crippen molar-refractivity contribution < 1.29 is 0 Å². The Morgan fingerprint density at radius 2 is 2.00 bits per heavy atom. The van der Waals surface area contributed by atoms with E-state index in [-0.39, 0.29) is 0 Å². The first-order valence-electron chi connectivity index (χ1n) is 1.72. The van der Waals surface area contributed by atoms with Crippen LogP contribution in [0.3, 0.4) is 0 Å². The highest BCUT2D eigenvalue weighted by atomic mass is 15.2. The van der Waals surface area contributed by atoms with Gasteiger partial charge < -0.3 is 17.2 Å². The SMILES string of the molecule is NCNC(N)N. The molecule has 0 aromatic heterocycles. The lowest BCUT2D eigenvalue weighted by molar-refractivity contribution is 0.557. The minimum Gasteiger partial charge on any atom is -0.318 e. The van der Waals surface area contributed by atoms with E-state index in [4.69, 9.17) is 17.2 Å². The quantitative estimate of drug-likeness (QED) is 0.287. The third-order valence-electron chi connectivity index (χ3n) is 0.354. The molecule has 0 heterocycles. The van der Waals surface area contributed by atoms with E-state index in [0.717, 1.165) is 0 Å². The summed E-state index contributed by atoms with van der Waals surface area (Å²) >= 11 is 0. The van der Waals surface area contributed by atoms with E-state index in [0.29, 0.717) is 6.67 Å². The molecule has 7 N–H and O–H groups in total. The highest BCUT2D eigenvalue weighted by Crippen LogP contribution is 1.41. The molecular formula is C2H10N4. The fraction of sp³-hybridized carbons (Fsp3) is 1.00. The summed E-state index contributed by atoms with van der Waals surface area (Å²) in [5.74, 6) is 0. The molecule has 0 aliphatic carbocycles. The minimum absolute atomic E-state index is 0.331. The molecule has 38 valence electrons. The second-order valence-electron chi connectivity index (χ2n) is 0.934. The van der Waals surface area contributed by atoms with Crippen molar-refractivity contribution in [3.63, 3.8) is 0 Å². The van der Waals surface area contributed by atoms with Crippen molar-refractivity contribution in [3.8, 4) is 0 Å². The predicted molar refractivity (Wildman–Crippen MR) is 24.4 cm³/mol. The van der Waals surface area contributed by atoms with Gasteiger partial charge in [-0.15, -0.1) is 0 Å². The van der Waals surface area contributed by atoms with Gasteiger partial charge in [0.2, 0.25) is 0 Å². The number of hydrogen-bond donors (Lipinski definition) is 4. The molecule has 4 heteroatoms. The van der Waals surface area contributed by atoms with Crippen LogP contribution >= 0.6 is 0 Å². The topological polar surface area (TPSA) is 90.1 Å². The molecule has 0 atom stereocenters. The molecule has 0 aromatic rings. The first-order valence-corrected chi connectivity index (χ1v) is 1.72. The van der Waals surface area contributed by atoms with Crippen LogP contribution in [-0.2, 0) is 0 Å². The summed E-state index contributed by atoms with van der Waals surface area (Å²) in [6.45, 7) is 0.331. The molecule has 0 rings (SSSR count). The van der Waals surface area contributed by atoms with Gasteiger partial charge >= 0.3 is 0 Å². The first-order chi connectivity index (χ1) is 2.77. The first kappa shape index (κ1) is 5.84. The summed E-state index contributed by atoms with van der Waals surface area (Å²) in [5, 5.41) is 2.54. The standard InChI is InChI=1S/C2H10N4/c3-1-6-2(4)5/h2,6H,1,3-5H2. The minimum atomic E-state index is -0.477. The summed E-state index contributed by atoms with van der Waals surface area (Å²) in [7, 11) is 0. The molecule has 0 unspecified atom stereocenters. The molecule has 0 aliphatic heterocycles. The van der Waals surface area contributed by atoms with E-state index >= 15 is 0 Å². The van der Waals surface area contributed by atoms with Crippen LogP contribution in [-0.4, -0.2) is 13.0 Å². The molecule has 6 heavy (non-hydrogen) atoms. The predicted octanol–water partition coefficient (Wildman–Crippen LogP) is -2.31. The Bertz CT molecular complexity index is 26.7. The zero-order valence-electron chi connectivity index (χ0n) is 3.52. The highest BCUT2D eigenvalue weighted by Gasteiger charge is 1.81. The Kier molecular flexibility index (Phi) is 2.97. The van der Waals surface area contributed by atoms with Crippen molar-refractivity contribution in [2.24, 2.45) is 17.2 Å². The molecule has 0 radical (unpaired) electrons. The second-order valence-corrected chi connectivity index (χ2v) is 0.934. The van der Waals surface area contributed by atoms with E-state index in [9.17, 15) is 0 Å². The van der Waals surface area contributed by atoms with Gasteiger partial charge in [-0.2, -0.15) is 0 Å². The Labute approximate surface area is 36.7 Å². The van der Waals surface area contributed by atoms with E-state index in [1.807, 2.05) is 0 Å². The number of nitrogens with one attached hydrogen (secondary N) is 1. The molecule has 0 amide bonds. The maximum atomic E-state index is 4.99. The van der Waals surface area contributed by atoms with Crippen molar-refractivity contribution in [2.75, 3.05) is 6.67 Å². The normalized spacial score (nSPS) is 10.0. The van der Waals surface area contributed by atoms with Crippen molar-refractivity contribution in [3.05, 3.63) is 0 Å². The molecule has 0 fully saturated rings. The maximum Gasteiger partial charge on any atom is 0.107 e. The largest absolute Gasteiger partial charge is 0.318 e. The van der Waals surface area contributed by atoms with Crippen LogP contribution in [0, 0.1) is 0 Å². The Morgan fingerprint density at radius 1 is 1.50 bits per heavy atom. The van der Waals surface area contributed by atoms with Crippen LogP contribution in [0.5, 0.6) is 0 Å². The van der Waals surface area contributed by atoms with Gasteiger partial charge in [0, 0.05) is 6.67 Å². The van der Waals surface area contributed by atoms with Gasteiger partial charge in [-0.3, -0.25) is 5.32 Å². The third kappa shape index (κ3) is 3.84. The van der Waals surface area contributed by atoms with E-state index in [2.05, 4.69) is 5.32 Å². The fourth-order valence-corrected chi connectivity index (χ4v) is 0.136. The number of nitrogens with two attached hydrogens (primary N) is 3. The molecule has 0 bridgehead atoms. The lowest BCUT2D eigenvalue weighted by Gasteiger charge is -2.01. The smallest absolute Gasteiger partial charge is 0.107 e. The zero-order chi connectivity index (χ0) is 4.99. The monoisotopic (exact) mass is 90.1 g/mol. The lowest BCUT2D eigenvalue weighted by Crippen LogP contribution is -2.47. The Hall–Kier alpha value is -0.160. The average molecular weight is 90.1 g/mol. The third-order valence-corrected chi connectivity index (χ3v) is 0.354. The van der Waals surface area contributed by atoms with Gasteiger partial charge in [0.05, 0.1) is 0 Å². The van der Waals surface area contributed by atoms with Gasteiger partial charge in [0.15, 0.2) is 0 Å². The van der Waals surface area contributed by atoms with E-state index < -0.39 is 6.29 Å². The molecule has 0 spiro atoms. The van der Waals surface area contributed by atoms with Gasteiger partial charge in [-0.05, 0) is 0 Å². The summed E-state index contributed by atoms with van der Waals surface area (Å²) in [6, 6.07) is 0. The number of rotatable bonds is 2. The van der Waals surface area contributed by atoms with Crippen LogP contribution in [0.1, 0.15) is 0 Å². The fourth-order valence-electron chi connectivity index (χ4n) is 0.136. The summed E-state index contributed by atoms with van der Waals surface area (Å²) in [5.41, 5.74) is 14.9. The summed E-state index contributed by atoms with van der Waals surface area (Å²) in [6.07, 6.45) is -0.477. The van der Waals surface area contributed by atoms with E-state index in [1.165, 1.54) is 0 Å². The molecular weight excluding hydrogens is 80.1 g/mol. The van der Waals surface area contributed by atoms with Crippen molar-refractivity contribution >= 4 is 0 Å². The van der Waals surface area contributed by atoms with Gasteiger partial charge in [0.25, 0.3) is 0 Å². The molecule has 0 saturated heterocycles. The lowest BCUT2D eigenvalue weighted by atomic mass is 10.9. The summed E-state index contributed by atoms with van der Waals surface area (Å²) in [4.78, 5) is 0. The zero-order valence-corrected chi connectivity index (χ0v) is 3.52. The van der Waals surface area contributed by atoms with Gasteiger partial charge in [0.1, 0.15) is 6.29 Å².